The number of carbonyl (C=O) groups is 1. The minimum Gasteiger partial charge on any atom is -0.480 e. The standard InChI is InChI=1S/C15H24N4O4/c1-21-13-12(14(22-2)18-10-17-13)15(20)19-7-4-11(5-8-19)23-9-3-6-16/h10-11H,3-9,16H2,1-2H3. The van der Waals surface area contributed by atoms with E-state index in [1.807, 2.05) is 0 Å². The second kappa shape index (κ2) is 8.64. The van der Waals surface area contributed by atoms with Gasteiger partial charge in [0.2, 0.25) is 11.8 Å². The second-order valence-corrected chi connectivity index (χ2v) is 5.27. The maximum absolute atomic E-state index is 12.8. The van der Waals surface area contributed by atoms with Crippen molar-refractivity contribution in [3.05, 3.63) is 11.9 Å². The zero-order valence-electron chi connectivity index (χ0n) is 13.7. The van der Waals surface area contributed by atoms with Crippen molar-refractivity contribution in [2.45, 2.75) is 25.4 Å². The maximum Gasteiger partial charge on any atom is 0.264 e. The van der Waals surface area contributed by atoms with Crippen molar-refractivity contribution in [1.82, 2.24) is 14.9 Å². The molecular weight excluding hydrogens is 300 g/mol. The topological polar surface area (TPSA) is 99.8 Å². The first kappa shape index (κ1) is 17.4. The number of hydrogen-bond donors (Lipinski definition) is 1. The minimum atomic E-state index is -0.181. The molecule has 0 spiro atoms. The Labute approximate surface area is 135 Å². The summed E-state index contributed by atoms with van der Waals surface area (Å²) in [6, 6.07) is 0. The van der Waals surface area contributed by atoms with Gasteiger partial charge >= 0.3 is 0 Å². The Morgan fingerprint density at radius 2 is 1.87 bits per heavy atom. The van der Waals surface area contributed by atoms with Crippen molar-refractivity contribution in [3.63, 3.8) is 0 Å². The highest BCUT2D eigenvalue weighted by atomic mass is 16.5. The van der Waals surface area contributed by atoms with Gasteiger partial charge in [-0.05, 0) is 25.8 Å². The van der Waals surface area contributed by atoms with Crippen LogP contribution in [0.25, 0.3) is 0 Å². The van der Waals surface area contributed by atoms with Crippen LogP contribution in [-0.2, 0) is 4.74 Å². The van der Waals surface area contributed by atoms with Crippen LogP contribution in [0.5, 0.6) is 11.8 Å². The number of methoxy groups -OCH3 is 2. The average molecular weight is 324 g/mol. The minimum absolute atomic E-state index is 0.181. The average Bonchev–Trinajstić information content (AvgIpc) is 2.61. The van der Waals surface area contributed by atoms with Gasteiger partial charge in [-0.1, -0.05) is 0 Å². The summed E-state index contributed by atoms with van der Waals surface area (Å²) >= 11 is 0. The van der Waals surface area contributed by atoms with Crippen molar-refractivity contribution in [3.8, 4) is 11.8 Å². The lowest BCUT2D eigenvalue weighted by Gasteiger charge is -2.32. The highest BCUT2D eigenvalue weighted by molar-refractivity contribution is 5.98. The number of nitrogens with zero attached hydrogens (tertiary/aromatic N) is 3. The van der Waals surface area contributed by atoms with Crippen LogP contribution in [0.15, 0.2) is 6.33 Å². The van der Waals surface area contributed by atoms with Gasteiger partial charge in [0, 0.05) is 19.7 Å². The lowest BCUT2D eigenvalue weighted by molar-refractivity contribution is 0.00826. The van der Waals surface area contributed by atoms with Gasteiger partial charge in [-0.3, -0.25) is 4.79 Å². The lowest BCUT2D eigenvalue weighted by Crippen LogP contribution is -2.41. The van der Waals surface area contributed by atoms with Gasteiger partial charge < -0.3 is 24.8 Å². The first-order chi connectivity index (χ1) is 11.2. The maximum atomic E-state index is 12.8. The van der Waals surface area contributed by atoms with Gasteiger partial charge in [0.15, 0.2) is 5.56 Å². The third-order valence-electron chi connectivity index (χ3n) is 3.81. The number of nitrogens with two attached hydrogens (primary N) is 1. The van der Waals surface area contributed by atoms with Crippen LogP contribution in [0.1, 0.15) is 29.6 Å². The van der Waals surface area contributed by atoms with E-state index in [2.05, 4.69) is 9.97 Å². The molecule has 0 saturated carbocycles. The summed E-state index contributed by atoms with van der Waals surface area (Å²) in [4.78, 5) is 22.5. The molecule has 1 fully saturated rings. The van der Waals surface area contributed by atoms with Gasteiger partial charge in [0.05, 0.1) is 20.3 Å². The quantitative estimate of drug-likeness (QED) is 0.727. The molecule has 23 heavy (non-hydrogen) atoms. The molecule has 0 aliphatic carbocycles. The summed E-state index contributed by atoms with van der Waals surface area (Å²) in [6.07, 6.45) is 3.95. The normalized spacial score (nSPS) is 15.5. The Morgan fingerprint density at radius 3 is 2.39 bits per heavy atom. The molecule has 1 amide bonds. The molecule has 2 heterocycles. The van der Waals surface area contributed by atoms with Crippen molar-refractivity contribution < 1.29 is 19.0 Å². The van der Waals surface area contributed by atoms with Crippen LogP contribution in [0.3, 0.4) is 0 Å². The molecule has 1 aromatic rings. The largest absolute Gasteiger partial charge is 0.480 e. The van der Waals surface area contributed by atoms with E-state index in [0.29, 0.717) is 26.2 Å². The molecule has 8 heteroatoms. The van der Waals surface area contributed by atoms with E-state index < -0.39 is 0 Å². The van der Waals surface area contributed by atoms with Crippen LogP contribution in [0, 0.1) is 0 Å². The van der Waals surface area contributed by atoms with E-state index in [-0.39, 0.29) is 29.3 Å². The van der Waals surface area contributed by atoms with Crippen molar-refractivity contribution in [2.24, 2.45) is 5.73 Å². The van der Waals surface area contributed by atoms with Crippen molar-refractivity contribution >= 4 is 5.91 Å². The highest BCUT2D eigenvalue weighted by Gasteiger charge is 2.29. The SMILES string of the molecule is COc1ncnc(OC)c1C(=O)N1CCC(OCCCN)CC1. The molecule has 1 aliphatic heterocycles. The summed E-state index contributed by atoms with van der Waals surface area (Å²) in [5.41, 5.74) is 5.72. The summed E-state index contributed by atoms with van der Waals surface area (Å²) in [7, 11) is 2.94. The number of ether oxygens (including phenoxy) is 3. The van der Waals surface area contributed by atoms with E-state index in [9.17, 15) is 4.79 Å². The molecule has 1 aliphatic rings. The Balaban J connectivity index is 2.00. The van der Waals surface area contributed by atoms with E-state index in [0.717, 1.165) is 19.3 Å². The van der Waals surface area contributed by atoms with Crippen LogP contribution < -0.4 is 15.2 Å². The predicted molar refractivity (Wildman–Crippen MR) is 83.7 cm³/mol. The Morgan fingerprint density at radius 1 is 1.26 bits per heavy atom. The molecule has 8 nitrogen and oxygen atoms in total. The van der Waals surface area contributed by atoms with E-state index in [4.69, 9.17) is 19.9 Å². The molecule has 1 saturated heterocycles. The molecule has 0 atom stereocenters. The summed E-state index contributed by atoms with van der Waals surface area (Å²) in [6.45, 7) is 2.54. The fraction of sp³-hybridized carbons (Fsp3) is 0.667. The van der Waals surface area contributed by atoms with E-state index >= 15 is 0 Å². The fourth-order valence-electron chi connectivity index (χ4n) is 2.56. The third-order valence-corrected chi connectivity index (χ3v) is 3.81. The van der Waals surface area contributed by atoms with Gasteiger partial charge in [0.25, 0.3) is 5.91 Å². The van der Waals surface area contributed by atoms with E-state index in [1.165, 1.54) is 20.5 Å². The summed E-state index contributed by atoms with van der Waals surface area (Å²) in [5.74, 6) is 0.269. The molecule has 0 unspecified atom stereocenters. The Bertz CT molecular complexity index is 496. The first-order valence-corrected chi connectivity index (χ1v) is 7.75. The molecule has 0 aromatic carbocycles. The highest BCUT2D eigenvalue weighted by Crippen LogP contribution is 2.26. The molecular formula is C15H24N4O4. The molecule has 2 rings (SSSR count). The number of likely N-dealkylation sites (tertiary alicyclic amines) is 1. The van der Waals surface area contributed by atoms with Gasteiger partial charge in [-0.25, -0.2) is 9.97 Å². The number of amides is 1. The Kier molecular flexibility index (Phi) is 6.54. The lowest BCUT2D eigenvalue weighted by atomic mass is 10.1. The van der Waals surface area contributed by atoms with Crippen LogP contribution in [0.2, 0.25) is 0 Å². The Hall–Kier alpha value is -1.93. The number of piperidine rings is 1. The van der Waals surface area contributed by atoms with Crippen molar-refractivity contribution in [1.29, 1.82) is 0 Å². The number of aromatic nitrogens is 2. The molecule has 1 aromatic heterocycles. The first-order valence-electron chi connectivity index (χ1n) is 7.75. The fourth-order valence-corrected chi connectivity index (χ4v) is 2.56. The number of rotatable bonds is 7. The monoisotopic (exact) mass is 324 g/mol. The van der Waals surface area contributed by atoms with Crippen LogP contribution in [0.4, 0.5) is 0 Å². The van der Waals surface area contributed by atoms with Gasteiger partial charge in [-0.15, -0.1) is 0 Å². The molecule has 2 N–H and O–H groups in total. The summed E-state index contributed by atoms with van der Waals surface area (Å²) in [5, 5.41) is 0. The second-order valence-electron chi connectivity index (χ2n) is 5.27. The number of carbonyl (C=O) groups excluding carboxylic acids is 1. The zero-order valence-corrected chi connectivity index (χ0v) is 13.7. The molecule has 128 valence electrons. The number of hydrogen-bond acceptors (Lipinski definition) is 7. The van der Waals surface area contributed by atoms with E-state index in [1.54, 1.807) is 4.90 Å². The van der Waals surface area contributed by atoms with Crippen LogP contribution in [-0.4, -0.2) is 67.3 Å². The predicted octanol–water partition coefficient (Wildman–Crippen LogP) is 0.464. The third kappa shape index (κ3) is 4.29. The van der Waals surface area contributed by atoms with Gasteiger partial charge in [-0.2, -0.15) is 0 Å². The molecule has 0 radical (unpaired) electrons. The molecule has 0 bridgehead atoms. The summed E-state index contributed by atoms with van der Waals surface area (Å²) < 4.78 is 16.1. The zero-order chi connectivity index (χ0) is 16.7. The van der Waals surface area contributed by atoms with Crippen molar-refractivity contribution in [2.75, 3.05) is 40.5 Å². The van der Waals surface area contributed by atoms with Crippen LogP contribution >= 0.6 is 0 Å². The smallest absolute Gasteiger partial charge is 0.264 e. The van der Waals surface area contributed by atoms with Gasteiger partial charge in [0.1, 0.15) is 6.33 Å².